The average molecular weight is 216 g/mol. The minimum Gasteiger partial charge on any atom is -0.493 e. The number of aromatic nitrogens is 2. The predicted octanol–water partition coefficient (Wildman–Crippen LogP) is 2.19. The highest BCUT2D eigenvalue weighted by Crippen LogP contribution is 2.32. The molecular weight excluding hydrogens is 206 g/mol. The van der Waals surface area contributed by atoms with E-state index in [0.29, 0.717) is 23.1 Å². The lowest BCUT2D eigenvalue weighted by Gasteiger charge is -2.08. The summed E-state index contributed by atoms with van der Waals surface area (Å²) in [5.74, 6) is 1.40. The molecule has 1 aromatic carbocycles. The molecule has 0 unspecified atom stereocenters. The zero-order chi connectivity index (χ0) is 11.4. The van der Waals surface area contributed by atoms with Crippen molar-refractivity contribution >= 4 is 5.69 Å². The van der Waals surface area contributed by atoms with Crippen LogP contribution >= 0.6 is 0 Å². The monoisotopic (exact) mass is 216 g/mol. The van der Waals surface area contributed by atoms with Gasteiger partial charge in [0.05, 0.1) is 12.8 Å². The fourth-order valence-electron chi connectivity index (χ4n) is 1.21. The Morgan fingerprint density at radius 3 is 2.75 bits per heavy atom. The molecule has 0 saturated heterocycles. The van der Waals surface area contributed by atoms with E-state index in [-0.39, 0.29) is 0 Å². The van der Waals surface area contributed by atoms with Gasteiger partial charge in [-0.3, -0.25) is 0 Å². The van der Waals surface area contributed by atoms with Crippen LogP contribution in [0.2, 0.25) is 0 Å². The van der Waals surface area contributed by atoms with Crippen LogP contribution in [0.5, 0.6) is 17.4 Å². The van der Waals surface area contributed by atoms with Crippen molar-refractivity contribution in [3.05, 3.63) is 36.5 Å². The second-order valence-electron chi connectivity index (χ2n) is 3.03. The highest BCUT2D eigenvalue weighted by atomic mass is 16.5. The molecule has 0 atom stereocenters. The Bertz CT molecular complexity index is 474. The Labute approximate surface area is 92.8 Å². The maximum Gasteiger partial charge on any atom is 0.239 e. The first-order valence-corrected chi connectivity index (χ1v) is 4.65. The van der Waals surface area contributed by atoms with E-state index < -0.39 is 0 Å². The van der Waals surface area contributed by atoms with Gasteiger partial charge in [-0.25, -0.2) is 0 Å². The van der Waals surface area contributed by atoms with E-state index in [9.17, 15) is 0 Å². The van der Waals surface area contributed by atoms with Crippen molar-refractivity contribution in [1.29, 1.82) is 0 Å². The lowest BCUT2D eigenvalue weighted by atomic mass is 10.3. The first kappa shape index (κ1) is 10.2. The van der Waals surface area contributed by atoms with Crippen LogP contribution in [0.4, 0.5) is 5.69 Å². The molecule has 0 aliphatic carbocycles. The van der Waals surface area contributed by atoms with E-state index in [0.717, 1.165) is 0 Å². The van der Waals surface area contributed by atoms with Gasteiger partial charge in [0.1, 0.15) is 0 Å². The van der Waals surface area contributed by atoms with Crippen LogP contribution in [0.3, 0.4) is 0 Å². The minimum atomic E-state index is 0.364. The molecule has 1 N–H and O–H groups in total. The zero-order valence-electron chi connectivity index (χ0n) is 8.68. The number of nitrogens with zero attached hydrogens (tertiary/aromatic N) is 2. The van der Waals surface area contributed by atoms with Gasteiger partial charge in [-0.2, -0.15) is 5.10 Å². The molecule has 1 heterocycles. The maximum absolute atomic E-state index is 7.45. The molecular formula is C11H10N3O2. The van der Waals surface area contributed by atoms with Crippen LogP contribution in [0.25, 0.3) is 0 Å². The van der Waals surface area contributed by atoms with Crippen molar-refractivity contribution in [2.24, 2.45) is 0 Å². The van der Waals surface area contributed by atoms with Gasteiger partial charge >= 0.3 is 0 Å². The maximum atomic E-state index is 7.45. The van der Waals surface area contributed by atoms with Crippen molar-refractivity contribution in [3.8, 4) is 17.4 Å². The van der Waals surface area contributed by atoms with Gasteiger partial charge in [-0.1, -0.05) is 0 Å². The Hall–Kier alpha value is -2.30. The van der Waals surface area contributed by atoms with Gasteiger partial charge in [0.15, 0.2) is 11.5 Å². The quantitative estimate of drug-likeness (QED) is 0.788. The normalized spacial score (nSPS) is 9.81. The van der Waals surface area contributed by atoms with Crippen LogP contribution in [0.1, 0.15) is 0 Å². The number of ether oxygens (including phenoxy) is 2. The molecule has 5 heteroatoms. The molecule has 0 bridgehead atoms. The summed E-state index contributed by atoms with van der Waals surface area (Å²) >= 11 is 0. The predicted molar refractivity (Wildman–Crippen MR) is 57.9 cm³/mol. The number of benzene rings is 1. The number of nitrogens with one attached hydrogen (secondary N) is 1. The molecule has 0 aliphatic rings. The van der Waals surface area contributed by atoms with Gasteiger partial charge in [0, 0.05) is 18.3 Å². The smallest absolute Gasteiger partial charge is 0.239 e. The van der Waals surface area contributed by atoms with Crippen molar-refractivity contribution in [1.82, 2.24) is 15.9 Å². The average Bonchev–Trinajstić information content (AvgIpc) is 2.33. The Balaban J connectivity index is 2.28. The second-order valence-corrected chi connectivity index (χ2v) is 3.03. The number of hydrogen-bond donors (Lipinski definition) is 0. The fourth-order valence-corrected chi connectivity index (χ4v) is 1.21. The van der Waals surface area contributed by atoms with Crippen LogP contribution in [-0.4, -0.2) is 17.3 Å². The van der Waals surface area contributed by atoms with Crippen LogP contribution in [0, 0.1) is 0 Å². The van der Waals surface area contributed by atoms with Gasteiger partial charge in [-0.15, -0.1) is 5.10 Å². The summed E-state index contributed by atoms with van der Waals surface area (Å²) in [6.07, 6.45) is 1.57. The summed E-state index contributed by atoms with van der Waals surface area (Å²) in [5.41, 5.74) is 7.82. The molecule has 0 aliphatic heterocycles. The van der Waals surface area contributed by atoms with Gasteiger partial charge < -0.3 is 15.2 Å². The standard InChI is InChI=1S/C11H10N3O2/c1-15-10-7-8(12)4-5-9(10)16-11-3-2-6-13-14-11/h2-7,12H,1H3. The largest absolute Gasteiger partial charge is 0.493 e. The third-order valence-corrected chi connectivity index (χ3v) is 1.93. The lowest BCUT2D eigenvalue weighted by molar-refractivity contribution is 0.372. The molecule has 5 nitrogen and oxygen atoms in total. The van der Waals surface area contributed by atoms with Crippen molar-refractivity contribution in [2.75, 3.05) is 7.11 Å². The van der Waals surface area contributed by atoms with E-state index in [4.69, 9.17) is 15.2 Å². The van der Waals surface area contributed by atoms with Crippen LogP contribution in [0.15, 0.2) is 36.5 Å². The van der Waals surface area contributed by atoms with Crippen molar-refractivity contribution < 1.29 is 9.47 Å². The third kappa shape index (κ3) is 2.20. The summed E-state index contributed by atoms with van der Waals surface area (Å²) in [6, 6.07) is 8.28. The molecule has 0 saturated carbocycles. The van der Waals surface area contributed by atoms with E-state index >= 15 is 0 Å². The van der Waals surface area contributed by atoms with Crippen LogP contribution in [-0.2, 0) is 0 Å². The van der Waals surface area contributed by atoms with Gasteiger partial charge in [0.2, 0.25) is 5.88 Å². The highest BCUT2D eigenvalue weighted by Gasteiger charge is 2.06. The lowest BCUT2D eigenvalue weighted by Crippen LogP contribution is -1.92. The SMILES string of the molecule is COc1cc([NH])ccc1Oc1cccnn1. The van der Waals surface area contributed by atoms with Crippen molar-refractivity contribution in [2.45, 2.75) is 0 Å². The Morgan fingerprint density at radius 2 is 2.06 bits per heavy atom. The summed E-state index contributed by atoms with van der Waals surface area (Å²) < 4.78 is 10.6. The first-order chi connectivity index (χ1) is 7.79. The molecule has 81 valence electrons. The summed E-state index contributed by atoms with van der Waals surface area (Å²) in [5, 5.41) is 7.50. The Kier molecular flexibility index (Phi) is 2.86. The molecule has 0 fully saturated rings. The summed E-state index contributed by atoms with van der Waals surface area (Å²) in [6.45, 7) is 0. The molecule has 16 heavy (non-hydrogen) atoms. The molecule has 1 radical (unpaired) electrons. The summed E-state index contributed by atoms with van der Waals surface area (Å²) in [7, 11) is 1.53. The van der Waals surface area contributed by atoms with E-state index in [2.05, 4.69) is 10.2 Å². The number of methoxy groups -OCH3 is 1. The number of rotatable bonds is 3. The topological polar surface area (TPSA) is 68.0 Å². The first-order valence-electron chi connectivity index (χ1n) is 4.65. The number of hydrogen-bond acceptors (Lipinski definition) is 4. The zero-order valence-corrected chi connectivity index (χ0v) is 8.68. The molecule has 2 rings (SSSR count). The van der Waals surface area contributed by atoms with Gasteiger partial charge in [-0.05, 0) is 18.2 Å². The van der Waals surface area contributed by atoms with Crippen molar-refractivity contribution in [3.63, 3.8) is 0 Å². The molecule has 0 spiro atoms. The van der Waals surface area contributed by atoms with E-state index in [1.807, 2.05) is 0 Å². The highest BCUT2D eigenvalue weighted by molar-refractivity contribution is 5.51. The third-order valence-electron chi connectivity index (χ3n) is 1.93. The van der Waals surface area contributed by atoms with E-state index in [1.54, 1.807) is 36.5 Å². The minimum absolute atomic E-state index is 0.364. The molecule has 1 aromatic heterocycles. The fraction of sp³-hybridized carbons (Fsp3) is 0.0909. The van der Waals surface area contributed by atoms with Crippen LogP contribution < -0.4 is 15.2 Å². The Morgan fingerprint density at radius 1 is 1.19 bits per heavy atom. The van der Waals surface area contributed by atoms with Gasteiger partial charge in [0.25, 0.3) is 0 Å². The molecule has 2 aromatic rings. The van der Waals surface area contributed by atoms with E-state index in [1.165, 1.54) is 7.11 Å². The second kappa shape index (κ2) is 4.48. The molecule has 0 amide bonds. The summed E-state index contributed by atoms with van der Waals surface area (Å²) in [4.78, 5) is 0.